The Bertz CT molecular complexity index is 549. The molecule has 4 heteroatoms. The van der Waals surface area contributed by atoms with E-state index in [1.54, 1.807) is 0 Å². The van der Waals surface area contributed by atoms with Gasteiger partial charge in [-0.15, -0.1) is 11.3 Å². The molecular weight excluding hydrogens is 258 g/mol. The third-order valence-corrected chi connectivity index (χ3v) is 3.60. The minimum Gasteiger partial charge on any atom is -0.491 e. The van der Waals surface area contributed by atoms with Gasteiger partial charge in [-0.25, -0.2) is 0 Å². The summed E-state index contributed by atoms with van der Waals surface area (Å²) in [6.45, 7) is 5.02. The summed E-state index contributed by atoms with van der Waals surface area (Å²) in [6.07, 6.45) is 0. The normalized spacial score (nSPS) is 10.2. The molecule has 1 heterocycles. The number of carbonyl (C=O) groups excluding carboxylic acids is 1. The average Bonchev–Trinajstić information content (AvgIpc) is 2.92. The van der Waals surface area contributed by atoms with Gasteiger partial charge in [0, 0.05) is 0 Å². The molecule has 1 N–H and O–H groups in total. The van der Waals surface area contributed by atoms with Crippen LogP contribution in [-0.2, 0) is 0 Å². The lowest BCUT2D eigenvalue weighted by molar-refractivity contribution is 0.0951. The Labute approximate surface area is 117 Å². The Hall–Kier alpha value is -1.81. The fourth-order valence-electron chi connectivity index (χ4n) is 1.68. The van der Waals surface area contributed by atoms with Crippen LogP contribution >= 0.6 is 11.3 Å². The number of nitrogens with one attached hydrogen (secondary N) is 1. The maximum Gasteiger partial charge on any atom is 0.261 e. The Morgan fingerprint density at radius 3 is 2.89 bits per heavy atom. The fraction of sp³-hybridized carbons (Fsp3) is 0.267. The number of carbonyl (C=O) groups is 1. The number of rotatable bonds is 5. The number of hydrogen-bond acceptors (Lipinski definition) is 3. The molecule has 2 rings (SSSR count). The van der Waals surface area contributed by atoms with Crippen LogP contribution in [0.15, 0.2) is 35.7 Å². The van der Waals surface area contributed by atoms with E-state index in [1.807, 2.05) is 43.5 Å². The average molecular weight is 275 g/mol. The number of aryl methyl sites for hydroxylation is 2. The first-order valence-corrected chi connectivity index (χ1v) is 7.06. The van der Waals surface area contributed by atoms with Crippen LogP contribution in [-0.4, -0.2) is 19.1 Å². The van der Waals surface area contributed by atoms with Crippen molar-refractivity contribution in [3.63, 3.8) is 0 Å². The molecule has 0 aliphatic rings. The number of thiophene rings is 1. The first-order valence-electron chi connectivity index (χ1n) is 6.18. The van der Waals surface area contributed by atoms with Gasteiger partial charge in [0.2, 0.25) is 0 Å². The molecule has 1 aromatic carbocycles. The molecule has 0 aliphatic carbocycles. The van der Waals surface area contributed by atoms with E-state index < -0.39 is 0 Å². The molecule has 0 unspecified atom stereocenters. The molecule has 0 fully saturated rings. The van der Waals surface area contributed by atoms with Crippen molar-refractivity contribution in [2.24, 2.45) is 0 Å². The third-order valence-electron chi connectivity index (χ3n) is 2.73. The van der Waals surface area contributed by atoms with Gasteiger partial charge in [-0.3, -0.25) is 4.79 Å². The predicted molar refractivity (Wildman–Crippen MR) is 78.1 cm³/mol. The lowest BCUT2D eigenvalue weighted by Crippen LogP contribution is -2.27. The Balaban J connectivity index is 1.78. The second kappa shape index (κ2) is 6.38. The first-order chi connectivity index (χ1) is 9.16. The van der Waals surface area contributed by atoms with Crippen molar-refractivity contribution in [3.8, 4) is 5.75 Å². The highest BCUT2D eigenvalue weighted by atomic mass is 32.1. The highest BCUT2D eigenvalue weighted by Crippen LogP contribution is 2.18. The summed E-state index contributed by atoms with van der Waals surface area (Å²) in [5.74, 6) is 0.838. The van der Waals surface area contributed by atoms with Crippen LogP contribution in [0.4, 0.5) is 0 Å². The lowest BCUT2D eigenvalue weighted by atomic mass is 10.1. The standard InChI is InChI=1S/C15H17NO2S/c1-11-5-6-12(2)13(10-11)18-8-7-16-15(17)14-4-3-9-19-14/h3-6,9-10H,7-8H2,1-2H3,(H,16,17). The van der Waals surface area contributed by atoms with Gasteiger partial charge in [0.25, 0.3) is 5.91 Å². The summed E-state index contributed by atoms with van der Waals surface area (Å²) in [5, 5.41) is 4.73. The van der Waals surface area contributed by atoms with Gasteiger partial charge in [-0.2, -0.15) is 0 Å². The lowest BCUT2D eigenvalue weighted by Gasteiger charge is -2.10. The van der Waals surface area contributed by atoms with Gasteiger partial charge in [-0.1, -0.05) is 18.2 Å². The maximum atomic E-state index is 11.7. The summed E-state index contributed by atoms with van der Waals surface area (Å²) in [7, 11) is 0. The summed E-state index contributed by atoms with van der Waals surface area (Å²) >= 11 is 1.44. The molecular formula is C15H17NO2S. The van der Waals surface area contributed by atoms with Crippen LogP contribution in [0, 0.1) is 13.8 Å². The predicted octanol–water partition coefficient (Wildman–Crippen LogP) is 3.17. The van der Waals surface area contributed by atoms with Gasteiger partial charge < -0.3 is 10.1 Å². The summed E-state index contributed by atoms with van der Waals surface area (Å²) < 4.78 is 5.67. The van der Waals surface area contributed by atoms with E-state index in [0.29, 0.717) is 13.2 Å². The topological polar surface area (TPSA) is 38.3 Å². The molecule has 1 aromatic heterocycles. The molecule has 100 valence electrons. The van der Waals surface area contributed by atoms with Crippen LogP contribution in [0.3, 0.4) is 0 Å². The summed E-state index contributed by atoms with van der Waals surface area (Å²) in [5.41, 5.74) is 2.28. The van der Waals surface area contributed by atoms with Crippen molar-refractivity contribution in [1.29, 1.82) is 0 Å². The summed E-state index contributed by atoms with van der Waals surface area (Å²) in [4.78, 5) is 12.4. The largest absolute Gasteiger partial charge is 0.491 e. The SMILES string of the molecule is Cc1ccc(C)c(OCCNC(=O)c2cccs2)c1. The maximum absolute atomic E-state index is 11.7. The molecule has 0 bridgehead atoms. The monoisotopic (exact) mass is 275 g/mol. The van der Waals surface area contributed by atoms with Gasteiger partial charge in [0.15, 0.2) is 0 Å². The molecule has 2 aromatic rings. The highest BCUT2D eigenvalue weighted by molar-refractivity contribution is 7.12. The molecule has 0 spiro atoms. The van der Waals surface area contributed by atoms with Crippen LogP contribution in [0.1, 0.15) is 20.8 Å². The number of hydrogen-bond donors (Lipinski definition) is 1. The number of ether oxygens (including phenoxy) is 1. The van der Waals surface area contributed by atoms with Gasteiger partial charge in [0.05, 0.1) is 11.4 Å². The van der Waals surface area contributed by atoms with Crippen molar-refractivity contribution in [2.45, 2.75) is 13.8 Å². The molecule has 19 heavy (non-hydrogen) atoms. The van der Waals surface area contributed by atoms with Crippen LogP contribution in [0.5, 0.6) is 5.75 Å². The zero-order valence-electron chi connectivity index (χ0n) is 11.1. The molecule has 0 atom stereocenters. The number of amides is 1. The van der Waals surface area contributed by atoms with Crippen molar-refractivity contribution in [1.82, 2.24) is 5.32 Å². The van der Waals surface area contributed by atoms with Crippen LogP contribution in [0.2, 0.25) is 0 Å². The first kappa shape index (κ1) is 13.6. The molecule has 0 radical (unpaired) electrons. The molecule has 0 saturated heterocycles. The van der Waals surface area contributed by atoms with Gasteiger partial charge in [0.1, 0.15) is 12.4 Å². The molecule has 0 saturated carbocycles. The van der Waals surface area contributed by atoms with Crippen LogP contribution < -0.4 is 10.1 Å². The smallest absolute Gasteiger partial charge is 0.261 e. The minimum absolute atomic E-state index is 0.0421. The van der Waals surface area contributed by atoms with E-state index in [2.05, 4.69) is 11.4 Å². The Morgan fingerprint density at radius 2 is 2.16 bits per heavy atom. The van der Waals surface area contributed by atoms with Crippen LogP contribution in [0.25, 0.3) is 0 Å². The van der Waals surface area contributed by atoms with Crippen molar-refractivity contribution >= 4 is 17.2 Å². The molecule has 3 nitrogen and oxygen atoms in total. The van der Waals surface area contributed by atoms with E-state index in [-0.39, 0.29) is 5.91 Å². The van der Waals surface area contributed by atoms with Gasteiger partial charge >= 0.3 is 0 Å². The Morgan fingerprint density at radius 1 is 1.32 bits per heavy atom. The van der Waals surface area contributed by atoms with E-state index in [0.717, 1.165) is 16.2 Å². The van der Waals surface area contributed by atoms with E-state index in [1.165, 1.54) is 16.9 Å². The zero-order chi connectivity index (χ0) is 13.7. The highest BCUT2D eigenvalue weighted by Gasteiger charge is 2.05. The zero-order valence-corrected chi connectivity index (χ0v) is 11.9. The second-order valence-corrected chi connectivity index (χ2v) is 5.30. The fourth-order valence-corrected chi connectivity index (χ4v) is 2.32. The second-order valence-electron chi connectivity index (χ2n) is 4.35. The van der Waals surface area contributed by atoms with E-state index >= 15 is 0 Å². The minimum atomic E-state index is -0.0421. The Kier molecular flexibility index (Phi) is 4.58. The third kappa shape index (κ3) is 3.83. The number of benzene rings is 1. The molecule has 0 aliphatic heterocycles. The van der Waals surface area contributed by atoms with E-state index in [4.69, 9.17) is 4.74 Å². The van der Waals surface area contributed by atoms with Crippen molar-refractivity contribution < 1.29 is 9.53 Å². The van der Waals surface area contributed by atoms with Gasteiger partial charge in [-0.05, 0) is 42.5 Å². The summed E-state index contributed by atoms with van der Waals surface area (Å²) in [6, 6.07) is 9.78. The molecule has 1 amide bonds. The van der Waals surface area contributed by atoms with Crippen molar-refractivity contribution in [3.05, 3.63) is 51.7 Å². The van der Waals surface area contributed by atoms with Crippen molar-refractivity contribution in [2.75, 3.05) is 13.2 Å². The quantitative estimate of drug-likeness (QED) is 0.851. The van der Waals surface area contributed by atoms with E-state index in [9.17, 15) is 4.79 Å².